The van der Waals surface area contributed by atoms with Gasteiger partial charge in [-0.3, -0.25) is 9.59 Å². The Kier molecular flexibility index (Phi) is 6.63. The van der Waals surface area contributed by atoms with Crippen LogP contribution in [0.4, 0.5) is 0 Å². The molecule has 0 radical (unpaired) electrons. The third-order valence-corrected chi connectivity index (χ3v) is 3.79. The molecule has 2 rings (SSSR count). The van der Waals surface area contributed by atoms with Crippen molar-refractivity contribution in [2.24, 2.45) is 0 Å². The van der Waals surface area contributed by atoms with Crippen molar-refractivity contribution in [2.75, 3.05) is 0 Å². The fourth-order valence-corrected chi connectivity index (χ4v) is 2.28. The highest BCUT2D eigenvalue weighted by molar-refractivity contribution is 6.30. The first-order chi connectivity index (χ1) is 11.0. The summed E-state index contributed by atoms with van der Waals surface area (Å²) in [6.45, 7) is 0. The molecule has 0 unspecified atom stereocenters. The van der Waals surface area contributed by atoms with E-state index >= 15 is 0 Å². The number of rotatable bonds is 6. The van der Waals surface area contributed by atoms with Gasteiger partial charge in [0.05, 0.1) is 12.8 Å². The van der Waals surface area contributed by atoms with Crippen LogP contribution in [0.5, 0.6) is 0 Å². The first kappa shape index (κ1) is 17.5. The van der Waals surface area contributed by atoms with Crippen molar-refractivity contribution in [1.29, 1.82) is 0 Å². The molecule has 0 spiro atoms. The SMILES string of the molecule is O=C(CCc1ccc(Cl)cc1)OC(=O)CCc1ccc(Cl)cc1. The van der Waals surface area contributed by atoms with E-state index in [0.717, 1.165) is 11.1 Å². The molecular weight excluding hydrogens is 335 g/mol. The van der Waals surface area contributed by atoms with E-state index in [1.54, 1.807) is 24.3 Å². The maximum atomic E-state index is 11.7. The van der Waals surface area contributed by atoms with Crippen LogP contribution < -0.4 is 0 Å². The molecule has 0 N–H and O–H groups in total. The van der Waals surface area contributed by atoms with Crippen LogP contribution in [0.1, 0.15) is 24.0 Å². The van der Waals surface area contributed by atoms with Crippen LogP contribution in [0.3, 0.4) is 0 Å². The number of carbonyl (C=O) groups excluding carboxylic acids is 2. The van der Waals surface area contributed by atoms with Crippen LogP contribution in [0.15, 0.2) is 48.5 Å². The molecule has 0 amide bonds. The number of carbonyl (C=O) groups is 2. The van der Waals surface area contributed by atoms with E-state index in [1.165, 1.54) is 0 Å². The highest BCUT2D eigenvalue weighted by atomic mass is 35.5. The topological polar surface area (TPSA) is 43.4 Å². The molecule has 0 bridgehead atoms. The molecule has 0 aromatic heterocycles. The molecule has 0 fully saturated rings. The number of hydrogen-bond donors (Lipinski definition) is 0. The summed E-state index contributed by atoms with van der Waals surface area (Å²) in [7, 11) is 0. The third kappa shape index (κ3) is 6.43. The summed E-state index contributed by atoms with van der Waals surface area (Å²) in [5.74, 6) is -1.03. The molecule has 0 atom stereocenters. The van der Waals surface area contributed by atoms with E-state index < -0.39 is 11.9 Å². The van der Waals surface area contributed by atoms with Gasteiger partial charge in [-0.15, -0.1) is 0 Å². The zero-order valence-electron chi connectivity index (χ0n) is 12.4. The van der Waals surface area contributed by atoms with Crippen molar-refractivity contribution in [3.05, 3.63) is 69.7 Å². The molecule has 0 heterocycles. The smallest absolute Gasteiger partial charge is 0.313 e. The Morgan fingerprint density at radius 3 is 1.39 bits per heavy atom. The van der Waals surface area contributed by atoms with Crippen molar-refractivity contribution in [3.63, 3.8) is 0 Å². The molecule has 0 saturated heterocycles. The molecule has 2 aromatic carbocycles. The molecule has 0 saturated carbocycles. The predicted octanol–water partition coefficient (Wildman–Crippen LogP) is 4.63. The maximum absolute atomic E-state index is 11.7. The Balaban J connectivity index is 1.70. The van der Waals surface area contributed by atoms with Crippen LogP contribution >= 0.6 is 23.2 Å². The molecule has 0 aliphatic rings. The zero-order chi connectivity index (χ0) is 16.7. The van der Waals surface area contributed by atoms with Gasteiger partial charge in [0.2, 0.25) is 0 Å². The van der Waals surface area contributed by atoms with Crippen molar-refractivity contribution in [3.8, 4) is 0 Å². The molecular formula is C18H16Cl2O3. The second kappa shape index (κ2) is 8.70. The fourth-order valence-electron chi connectivity index (χ4n) is 2.02. The minimum absolute atomic E-state index is 0.161. The minimum atomic E-state index is -0.513. The minimum Gasteiger partial charge on any atom is -0.393 e. The van der Waals surface area contributed by atoms with Gasteiger partial charge in [-0.2, -0.15) is 0 Å². The van der Waals surface area contributed by atoms with E-state index in [0.29, 0.717) is 22.9 Å². The van der Waals surface area contributed by atoms with Gasteiger partial charge >= 0.3 is 11.9 Å². The second-order valence-corrected chi connectivity index (χ2v) is 5.97. The van der Waals surface area contributed by atoms with Gasteiger partial charge in [0.25, 0.3) is 0 Å². The summed E-state index contributed by atoms with van der Waals surface area (Å²) >= 11 is 11.6. The van der Waals surface area contributed by atoms with Crippen molar-refractivity contribution >= 4 is 35.1 Å². The van der Waals surface area contributed by atoms with Gasteiger partial charge in [-0.25, -0.2) is 0 Å². The third-order valence-electron chi connectivity index (χ3n) is 3.29. The van der Waals surface area contributed by atoms with Crippen molar-refractivity contribution in [1.82, 2.24) is 0 Å². The first-order valence-corrected chi connectivity index (χ1v) is 8.01. The summed E-state index contributed by atoms with van der Waals surface area (Å²) in [5, 5.41) is 1.29. The van der Waals surface area contributed by atoms with Crippen LogP contribution in [-0.2, 0) is 27.2 Å². The summed E-state index contributed by atoms with van der Waals surface area (Å²) in [4.78, 5) is 23.3. The lowest BCUT2D eigenvalue weighted by Crippen LogP contribution is -2.13. The Hall–Kier alpha value is -1.84. The second-order valence-electron chi connectivity index (χ2n) is 5.10. The molecule has 23 heavy (non-hydrogen) atoms. The zero-order valence-corrected chi connectivity index (χ0v) is 13.9. The lowest BCUT2D eigenvalue weighted by atomic mass is 10.1. The van der Waals surface area contributed by atoms with E-state index in [-0.39, 0.29) is 12.8 Å². The lowest BCUT2D eigenvalue weighted by molar-refractivity contribution is -0.159. The van der Waals surface area contributed by atoms with E-state index in [1.807, 2.05) is 24.3 Å². The van der Waals surface area contributed by atoms with E-state index in [9.17, 15) is 9.59 Å². The van der Waals surface area contributed by atoms with Gasteiger partial charge in [-0.05, 0) is 48.2 Å². The molecule has 5 heteroatoms. The summed E-state index contributed by atoms with van der Waals surface area (Å²) in [6.07, 6.45) is 1.35. The maximum Gasteiger partial charge on any atom is 0.313 e. The summed E-state index contributed by atoms with van der Waals surface area (Å²) in [6, 6.07) is 14.4. The Morgan fingerprint density at radius 1 is 0.696 bits per heavy atom. The summed E-state index contributed by atoms with van der Waals surface area (Å²) < 4.78 is 4.81. The number of benzene rings is 2. The van der Waals surface area contributed by atoms with E-state index in [2.05, 4.69) is 0 Å². The van der Waals surface area contributed by atoms with Gasteiger partial charge in [0, 0.05) is 10.0 Å². The Bertz CT molecular complexity index is 604. The largest absolute Gasteiger partial charge is 0.393 e. The van der Waals surface area contributed by atoms with Crippen molar-refractivity contribution < 1.29 is 14.3 Å². The van der Waals surface area contributed by atoms with Crippen molar-refractivity contribution in [2.45, 2.75) is 25.7 Å². The van der Waals surface area contributed by atoms with Gasteiger partial charge < -0.3 is 4.74 Å². The van der Waals surface area contributed by atoms with Crippen LogP contribution in [0, 0.1) is 0 Å². The quantitative estimate of drug-likeness (QED) is 0.563. The molecule has 2 aromatic rings. The number of esters is 2. The average Bonchev–Trinajstić information content (AvgIpc) is 2.54. The predicted molar refractivity (Wildman–Crippen MR) is 90.6 cm³/mol. The van der Waals surface area contributed by atoms with Gasteiger partial charge in [-0.1, -0.05) is 47.5 Å². The normalized spacial score (nSPS) is 10.3. The molecule has 0 aliphatic heterocycles. The van der Waals surface area contributed by atoms with Crippen LogP contribution in [-0.4, -0.2) is 11.9 Å². The Labute approximate surface area is 145 Å². The standard InChI is InChI=1S/C18H16Cl2O3/c19-15-7-1-13(2-8-15)5-11-17(21)23-18(22)12-6-14-3-9-16(20)10-4-14/h1-4,7-10H,5-6,11-12H2. The van der Waals surface area contributed by atoms with Gasteiger partial charge in [0.15, 0.2) is 0 Å². The highest BCUT2D eigenvalue weighted by Gasteiger charge is 2.11. The fraction of sp³-hybridized carbons (Fsp3) is 0.222. The monoisotopic (exact) mass is 350 g/mol. The first-order valence-electron chi connectivity index (χ1n) is 7.25. The van der Waals surface area contributed by atoms with Crippen LogP contribution in [0.2, 0.25) is 10.0 Å². The number of aryl methyl sites for hydroxylation is 2. The number of halogens is 2. The number of ether oxygens (including phenoxy) is 1. The van der Waals surface area contributed by atoms with E-state index in [4.69, 9.17) is 27.9 Å². The average molecular weight is 351 g/mol. The molecule has 0 aliphatic carbocycles. The lowest BCUT2D eigenvalue weighted by Gasteiger charge is -2.04. The van der Waals surface area contributed by atoms with Gasteiger partial charge in [0.1, 0.15) is 0 Å². The highest BCUT2D eigenvalue weighted by Crippen LogP contribution is 2.12. The summed E-state index contributed by atoms with van der Waals surface area (Å²) in [5.41, 5.74) is 1.94. The molecule has 120 valence electrons. The molecule has 3 nitrogen and oxygen atoms in total. The Morgan fingerprint density at radius 2 is 1.04 bits per heavy atom. The van der Waals surface area contributed by atoms with Crippen LogP contribution in [0.25, 0.3) is 0 Å². The number of hydrogen-bond acceptors (Lipinski definition) is 3.